The summed E-state index contributed by atoms with van der Waals surface area (Å²) in [5.74, 6) is 6.13. The van der Waals surface area contributed by atoms with Gasteiger partial charge in [-0.1, -0.05) is 29.5 Å². The number of amides is 3. The molecule has 2 aromatic rings. The molecule has 3 rings (SSSR count). The molecule has 138 valence electrons. The highest BCUT2D eigenvalue weighted by Crippen LogP contribution is 2.21. The lowest BCUT2D eigenvalue weighted by Gasteiger charge is -2.26. The summed E-state index contributed by atoms with van der Waals surface area (Å²) >= 11 is 0. The average molecular weight is 361 g/mol. The van der Waals surface area contributed by atoms with E-state index in [1.165, 1.54) is 0 Å². The Labute approximate surface area is 159 Å². The lowest BCUT2D eigenvalue weighted by molar-refractivity contribution is -0.119. The lowest BCUT2D eigenvalue weighted by Crippen LogP contribution is -2.35. The van der Waals surface area contributed by atoms with Crippen molar-refractivity contribution in [3.8, 4) is 11.8 Å². The van der Waals surface area contributed by atoms with Crippen molar-refractivity contribution in [3.05, 3.63) is 59.7 Å². The fourth-order valence-electron chi connectivity index (χ4n) is 2.89. The standard InChI is InChI=1S/C22H23N3O2/c1-17-7-11-19(12-8-17)24-22(27)23-15-4-5-18-9-13-20(14-10-18)25-16-3-2-6-21(25)26/h7-14H,2-3,6,15-16H2,1H3,(H2,23,24,27). The number of aryl methyl sites for hydroxylation is 1. The molecule has 2 aromatic carbocycles. The second kappa shape index (κ2) is 8.91. The van der Waals surface area contributed by atoms with Gasteiger partial charge in [0.25, 0.3) is 0 Å². The van der Waals surface area contributed by atoms with Gasteiger partial charge in [0.15, 0.2) is 0 Å². The van der Waals surface area contributed by atoms with Gasteiger partial charge >= 0.3 is 6.03 Å². The summed E-state index contributed by atoms with van der Waals surface area (Å²) < 4.78 is 0. The highest BCUT2D eigenvalue weighted by atomic mass is 16.2. The van der Waals surface area contributed by atoms with Crippen molar-refractivity contribution in [1.29, 1.82) is 0 Å². The number of rotatable bonds is 3. The van der Waals surface area contributed by atoms with Gasteiger partial charge in [-0.15, -0.1) is 0 Å². The minimum Gasteiger partial charge on any atom is -0.327 e. The number of hydrogen-bond acceptors (Lipinski definition) is 2. The minimum atomic E-state index is -0.285. The Bertz CT molecular complexity index is 861. The quantitative estimate of drug-likeness (QED) is 0.819. The van der Waals surface area contributed by atoms with E-state index in [0.29, 0.717) is 6.42 Å². The molecule has 0 bridgehead atoms. The molecule has 0 atom stereocenters. The zero-order chi connectivity index (χ0) is 19.1. The molecule has 3 amide bonds. The predicted molar refractivity (Wildman–Crippen MR) is 108 cm³/mol. The van der Waals surface area contributed by atoms with Gasteiger partial charge < -0.3 is 15.5 Å². The van der Waals surface area contributed by atoms with Gasteiger partial charge in [0, 0.05) is 29.9 Å². The molecular weight excluding hydrogens is 338 g/mol. The molecule has 1 saturated heterocycles. The summed E-state index contributed by atoms with van der Waals surface area (Å²) in [6, 6.07) is 15.0. The largest absolute Gasteiger partial charge is 0.327 e. The summed E-state index contributed by atoms with van der Waals surface area (Å²) in [5, 5.41) is 5.47. The molecule has 5 heteroatoms. The van der Waals surface area contributed by atoms with Crippen LogP contribution in [-0.2, 0) is 4.79 Å². The van der Waals surface area contributed by atoms with Gasteiger partial charge in [-0.05, 0) is 56.2 Å². The molecule has 1 aliphatic rings. The van der Waals surface area contributed by atoms with Gasteiger partial charge in [-0.3, -0.25) is 4.79 Å². The first-order valence-electron chi connectivity index (χ1n) is 9.13. The van der Waals surface area contributed by atoms with E-state index in [1.54, 1.807) is 0 Å². The van der Waals surface area contributed by atoms with Crippen LogP contribution in [0.5, 0.6) is 0 Å². The minimum absolute atomic E-state index is 0.184. The van der Waals surface area contributed by atoms with Crippen molar-refractivity contribution in [3.63, 3.8) is 0 Å². The molecule has 1 fully saturated rings. The van der Waals surface area contributed by atoms with E-state index in [9.17, 15) is 9.59 Å². The summed E-state index contributed by atoms with van der Waals surface area (Å²) in [7, 11) is 0. The number of nitrogens with one attached hydrogen (secondary N) is 2. The van der Waals surface area contributed by atoms with E-state index in [2.05, 4.69) is 22.5 Å². The highest BCUT2D eigenvalue weighted by molar-refractivity contribution is 5.94. The van der Waals surface area contributed by atoms with E-state index in [4.69, 9.17) is 0 Å². The molecule has 0 aromatic heterocycles. The molecule has 0 unspecified atom stereocenters. The van der Waals surface area contributed by atoms with Crippen LogP contribution in [-0.4, -0.2) is 25.0 Å². The number of piperidine rings is 1. The summed E-state index contributed by atoms with van der Waals surface area (Å²) in [5.41, 5.74) is 3.65. The number of carbonyl (C=O) groups is 2. The molecule has 0 aliphatic carbocycles. The SMILES string of the molecule is Cc1ccc(NC(=O)NCC#Cc2ccc(N3CCCCC3=O)cc2)cc1. The third kappa shape index (κ3) is 5.35. The van der Waals surface area contributed by atoms with Gasteiger partial charge in [0.2, 0.25) is 5.91 Å². The first kappa shape index (κ1) is 18.5. The predicted octanol–water partition coefficient (Wildman–Crippen LogP) is 3.69. The number of nitrogens with zero attached hydrogens (tertiary/aromatic N) is 1. The van der Waals surface area contributed by atoms with Crippen molar-refractivity contribution in [2.45, 2.75) is 26.2 Å². The van der Waals surface area contributed by atoms with Crippen LogP contribution in [0.15, 0.2) is 48.5 Å². The molecular formula is C22H23N3O2. The van der Waals surface area contributed by atoms with Crippen molar-refractivity contribution < 1.29 is 9.59 Å². The number of benzene rings is 2. The van der Waals surface area contributed by atoms with Crippen LogP contribution in [0.4, 0.5) is 16.2 Å². The first-order valence-corrected chi connectivity index (χ1v) is 9.13. The fourth-order valence-corrected chi connectivity index (χ4v) is 2.89. The molecule has 0 spiro atoms. The summed E-state index contributed by atoms with van der Waals surface area (Å²) in [6.45, 7) is 3.03. The number of anilines is 2. The smallest absolute Gasteiger partial charge is 0.319 e. The van der Waals surface area contributed by atoms with Crippen molar-refractivity contribution >= 4 is 23.3 Å². The van der Waals surface area contributed by atoms with Crippen molar-refractivity contribution in [1.82, 2.24) is 5.32 Å². The van der Waals surface area contributed by atoms with Crippen LogP contribution in [0.2, 0.25) is 0 Å². The molecule has 0 radical (unpaired) electrons. The first-order chi connectivity index (χ1) is 13.1. The number of urea groups is 1. The van der Waals surface area contributed by atoms with Crippen LogP contribution in [0.1, 0.15) is 30.4 Å². The van der Waals surface area contributed by atoms with Gasteiger partial charge in [-0.25, -0.2) is 4.79 Å². The maximum Gasteiger partial charge on any atom is 0.319 e. The molecule has 0 saturated carbocycles. The molecule has 27 heavy (non-hydrogen) atoms. The monoisotopic (exact) mass is 361 g/mol. The van der Waals surface area contributed by atoms with Crippen LogP contribution in [0.25, 0.3) is 0 Å². The Morgan fingerprint density at radius 2 is 1.81 bits per heavy atom. The normalized spacial score (nSPS) is 13.5. The summed E-state index contributed by atoms with van der Waals surface area (Å²) in [4.78, 5) is 25.6. The molecule has 2 N–H and O–H groups in total. The van der Waals surface area contributed by atoms with E-state index >= 15 is 0 Å². The van der Waals surface area contributed by atoms with E-state index in [-0.39, 0.29) is 18.5 Å². The Kier molecular flexibility index (Phi) is 6.11. The highest BCUT2D eigenvalue weighted by Gasteiger charge is 2.19. The molecule has 1 heterocycles. The van der Waals surface area contributed by atoms with Gasteiger partial charge in [0.1, 0.15) is 0 Å². The van der Waals surface area contributed by atoms with Crippen LogP contribution in [0, 0.1) is 18.8 Å². The van der Waals surface area contributed by atoms with E-state index < -0.39 is 0 Å². The second-order valence-electron chi connectivity index (χ2n) is 6.52. The molecule has 1 aliphatic heterocycles. The number of carbonyl (C=O) groups excluding carboxylic acids is 2. The number of hydrogen-bond donors (Lipinski definition) is 2. The fraction of sp³-hybridized carbons (Fsp3) is 0.273. The van der Waals surface area contributed by atoms with Gasteiger partial charge in [0.05, 0.1) is 6.54 Å². The Hall–Kier alpha value is -3.26. The third-order valence-electron chi connectivity index (χ3n) is 4.38. The Morgan fingerprint density at radius 3 is 2.52 bits per heavy atom. The third-order valence-corrected chi connectivity index (χ3v) is 4.38. The zero-order valence-corrected chi connectivity index (χ0v) is 15.4. The maximum atomic E-state index is 12.0. The topological polar surface area (TPSA) is 61.4 Å². The van der Waals surface area contributed by atoms with Gasteiger partial charge in [-0.2, -0.15) is 0 Å². The second-order valence-corrected chi connectivity index (χ2v) is 6.52. The van der Waals surface area contributed by atoms with Crippen molar-refractivity contribution in [2.75, 3.05) is 23.3 Å². The molecule has 5 nitrogen and oxygen atoms in total. The Balaban J connectivity index is 1.48. The van der Waals surface area contributed by atoms with E-state index in [0.717, 1.165) is 41.9 Å². The summed E-state index contributed by atoms with van der Waals surface area (Å²) in [6.07, 6.45) is 2.64. The van der Waals surface area contributed by atoms with Crippen LogP contribution >= 0.6 is 0 Å². The van der Waals surface area contributed by atoms with Crippen LogP contribution < -0.4 is 15.5 Å². The van der Waals surface area contributed by atoms with Crippen LogP contribution in [0.3, 0.4) is 0 Å². The average Bonchev–Trinajstić information content (AvgIpc) is 2.68. The lowest BCUT2D eigenvalue weighted by atomic mass is 10.1. The Morgan fingerprint density at radius 1 is 1.07 bits per heavy atom. The van der Waals surface area contributed by atoms with Crippen molar-refractivity contribution in [2.24, 2.45) is 0 Å². The van der Waals surface area contributed by atoms with E-state index in [1.807, 2.05) is 60.4 Å². The maximum absolute atomic E-state index is 12.0. The zero-order valence-electron chi connectivity index (χ0n) is 15.4.